The number of rotatable bonds is 5. The van der Waals surface area contributed by atoms with E-state index in [0.717, 1.165) is 11.3 Å². The van der Waals surface area contributed by atoms with Gasteiger partial charge < -0.3 is 16.4 Å². The first-order valence-corrected chi connectivity index (χ1v) is 6.56. The molecule has 0 bridgehead atoms. The summed E-state index contributed by atoms with van der Waals surface area (Å²) in [6.07, 6.45) is 1.63. The van der Waals surface area contributed by atoms with E-state index < -0.39 is 0 Å². The molecule has 5 nitrogen and oxygen atoms in total. The number of nitrogens with one attached hydrogen (secondary N) is 2. The van der Waals surface area contributed by atoms with Gasteiger partial charge in [0.1, 0.15) is 0 Å². The molecule has 1 atom stereocenters. The van der Waals surface area contributed by atoms with Crippen LogP contribution in [0.25, 0.3) is 0 Å². The number of nitrogens with two attached hydrogens (primary N) is 1. The minimum Gasteiger partial charge on any atom is -0.355 e. The van der Waals surface area contributed by atoms with Crippen LogP contribution in [-0.4, -0.2) is 24.9 Å². The summed E-state index contributed by atoms with van der Waals surface area (Å²) in [4.78, 5) is 23.4. The van der Waals surface area contributed by atoms with Crippen LogP contribution < -0.4 is 16.4 Å². The quantitative estimate of drug-likeness (QED) is 0.727. The maximum absolute atomic E-state index is 11.9. The van der Waals surface area contributed by atoms with Gasteiger partial charge in [-0.2, -0.15) is 0 Å². The van der Waals surface area contributed by atoms with Gasteiger partial charge in [-0.15, -0.1) is 0 Å². The van der Waals surface area contributed by atoms with E-state index in [4.69, 9.17) is 5.73 Å². The van der Waals surface area contributed by atoms with Crippen molar-refractivity contribution in [2.24, 2.45) is 11.7 Å². The number of carbonyl (C=O) groups excluding carboxylic acids is 2. The molecule has 1 aromatic carbocycles. The summed E-state index contributed by atoms with van der Waals surface area (Å²) < 4.78 is 0. The van der Waals surface area contributed by atoms with E-state index in [1.165, 1.54) is 0 Å². The summed E-state index contributed by atoms with van der Waals surface area (Å²) in [7, 11) is 0. The van der Waals surface area contributed by atoms with Crippen molar-refractivity contribution in [1.29, 1.82) is 0 Å². The van der Waals surface area contributed by atoms with Crippen LogP contribution in [0.4, 0.5) is 5.69 Å². The number of para-hydroxylation sites is 1. The average Bonchev–Trinajstić information content (AvgIpc) is 2.42. The SMILES string of the molecule is NCCNC(=O)CCC1Cc2ccccc2NC1=O. The number of hydrogen-bond acceptors (Lipinski definition) is 3. The van der Waals surface area contributed by atoms with Gasteiger partial charge in [-0.25, -0.2) is 0 Å². The Bertz CT molecular complexity index is 474. The zero-order chi connectivity index (χ0) is 13.7. The molecule has 0 saturated heterocycles. The van der Waals surface area contributed by atoms with Crippen molar-refractivity contribution in [3.63, 3.8) is 0 Å². The molecule has 0 aliphatic carbocycles. The Morgan fingerprint density at radius 2 is 2.21 bits per heavy atom. The van der Waals surface area contributed by atoms with E-state index >= 15 is 0 Å². The molecule has 1 aliphatic heterocycles. The van der Waals surface area contributed by atoms with E-state index in [0.29, 0.717) is 32.4 Å². The second-order valence-corrected chi connectivity index (χ2v) is 4.72. The van der Waals surface area contributed by atoms with Crippen molar-refractivity contribution in [2.75, 3.05) is 18.4 Å². The van der Waals surface area contributed by atoms with Crippen LogP contribution in [0.1, 0.15) is 18.4 Å². The highest BCUT2D eigenvalue weighted by Gasteiger charge is 2.25. The first kappa shape index (κ1) is 13.5. The Labute approximate surface area is 112 Å². The molecule has 1 unspecified atom stereocenters. The Balaban J connectivity index is 1.89. The standard InChI is InChI=1S/C14H19N3O2/c15-7-8-16-13(18)6-5-11-9-10-3-1-2-4-12(10)17-14(11)19/h1-4,11H,5-9,15H2,(H,16,18)(H,17,19). The second-order valence-electron chi connectivity index (χ2n) is 4.72. The number of amides is 2. The minimum atomic E-state index is -0.126. The van der Waals surface area contributed by atoms with Crippen LogP contribution in [0, 0.1) is 5.92 Å². The molecule has 0 spiro atoms. The highest BCUT2D eigenvalue weighted by molar-refractivity contribution is 5.96. The first-order chi connectivity index (χ1) is 9.20. The topological polar surface area (TPSA) is 84.2 Å². The molecule has 0 aromatic heterocycles. The summed E-state index contributed by atoms with van der Waals surface area (Å²) in [6.45, 7) is 0.918. The molecule has 0 fully saturated rings. The third kappa shape index (κ3) is 3.54. The fraction of sp³-hybridized carbons (Fsp3) is 0.429. The van der Waals surface area contributed by atoms with E-state index in [1.54, 1.807) is 0 Å². The molecule has 2 amide bonds. The zero-order valence-electron chi connectivity index (χ0n) is 10.8. The molecule has 1 aliphatic rings. The number of carbonyl (C=O) groups is 2. The van der Waals surface area contributed by atoms with Gasteiger partial charge in [0.05, 0.1) is 0 Å². The van der Waals surface area contributed by atoms with Gasteiger partial charge in [0.15, 0.2) is 0 Å². The Kier molecular flexibility index (Phi) is 4.52. The highest BCUT2D eigenvalue weighted by atomic mass is 16.2. The van der Waals surface area contributed by atoms with E-state index in [9.17, 15) is 9.59 Å². The number of fused-ring (bicyclic) bond motifs is 1. The first-order valence-electron chi connectivity index (χ1n) is 6.56. The van der Waals surface area contributed by atoms with Gasteiger partial charge in [0, 0.05) is 31.1 Å². The van der Waals surface area contributed by atoms with E-state index in [2.05, 4.69) is 10.6 Å². The monoisotopic (exact) mass is 261 g/mol. The molecular formula is C14H19N3O2. The summed E-state index contributed by atoms with van der Waals surface area (Å²) >= 11 is 0. The molecule has 102 valence electrons. The average molecular weight is 261 g/mol. The summed E-state index contributed by atoms with van der Waals surface area (Å²) in [5.74, 6) is -0.166. The molecular weight excluding hydrogens is 242 g/mol. The van der Waals surface area contributed by atoms with Crippen LogP contribution in [0.2, 0.25) is 0 Å². The Morgan fingerprint density at radius 3 is 3.00 bits per heavy atom. The lowest BCUT2D eigenvalue weighted by molar-refractivity contribution is -0.122. The van der Waals surface area contributed by atoms with Gasteiger partial charge in [-0.3, -0.25) is 9.59 Å². The second kappa shape index (κ2) is 6.33. The van der Waals surface area contributed by atoms with Crippen molar-refractivity contribution in [3.8, 4) is 0 Å². The normalized spacial score (nSPS) is 17.5. The van der Waals surface area contributed by atoms with Gasteiger partial charge in [0.25, 0.3) is 0 Å². The molecule has 0 saturated carbocycles. The summed E-state index contributed by atoms with van der Waals surface area (Å²) in [6, 6.07) is 7.77. The third-order valence-corrected chi connectivity index (χ3v) is 3.30. The van der Waals surface area contributed by atoms with Gasteiger partial charge >= 0.3 is 0 Å². The zero-order valence-corrected chi connectivity index (χ0v) is 10.8. The van der Waals surface area contributed by atoms with Crippen LogP contribution in [0.5, 0.6) is 0 Å². The van der Waals surface area contributed by atoms with Crippen LogP contribution in [0.15, 0.2) is 24.3 Å². The predicted octanol–water partition coefficient (Wildman–Crippen LogP) is 0.652. The lowest BCUT2D eigenvalue weighted by atomic mass is 9.89. The summed E-state index contributed by atoms with van der Waals surface area (Å²) in [5.41, 5.74) is 7.33. The van der Waals surface area contributed by atoms with Gasteiger partial charge in [-0.1, -0.05) is 18.2 Å². The number of anilines is 1. The van der Waals surface area contributed by atoms with Crippen LogP contribution in [-0.2, 0) is 16.0 Å². The number of benzene rings is 1. The smallest absolute Gasteiger partial charge is 0.227 e. The third-order valence-electron chi connectivity index (χ3n) is 3.30. The summed E-state index contributed by atoms with van der Waals surface area (Å²) in [5, 5.41) is 5.60. The molecule has 0 radical (unpaired) electrons. The fourth-order valence-corrected chi connectivity index (χ4v) is 2.25. The van der Waals surface area contributed by atoms with Gasteiger partial charge in [-0.05, 0) is 24.5 Å². The van der Waals surface area contributed by atoms with Crippen LogP contribution >= 0.6 is 0 Å². The van der Waals surface area contributed by atoms with Crippen molar-refractivity contribution in [2.45, 2.75) is 19.3 Å². The Hall–Kier alpha value is -1.88. The maximum atomic E-state index is 11.9. The molecule has 4 N–H and O–H groups in total. The lowest BCUT2D eigenvalue weighted by Crippen LogP contribution is -2.33. The molecule has 5 heteroatoms. The lowest BCUT2D eigenvalue weighted by Gasteiger charge is -2.24. The maximum Gasteiger partial charge on any atom is 0.227 e. The predicted molar refractivity (Wildman–Crippen MR) is 73.6 cm³/mol. The molecule has 1 heterocycles. The molecule has 2 rings (SSSR count). The molecule has 19 heavy (non-hydrogen) atoms. The van der Waals surface area contributed by atoms with E-state index in [1.807, 2.05) is 24.3 Å². The van der Waals surface area contributed by atoms with Crippen molar-refractivity contribution in [1.82, 2.24) is 5.32 Å². The Morgan fingerprint density at radius 1 is 1.42 bits per heavy atom. The van der Waals surface area contributed by atoms with Crippen LogP contribution in [0.3, 0.4) is 0 Å². The number of hydrogen-bond donors (Lipinski definition) is 3. The van der Waals surface area contributed by atoms with Crippen molar-refractivity contribution >= 4 is 17.5 Å². The van der Waals surface area contributed by atoms with Crippen molar-refractivity contribution < 1.29 is 9.59 Å². The van der Waals surface area contributed by atoms with E-state index in [-0.39, 0.29) is 17.7 Å². The minimum absolute atomic E-state index is 0.00493. The molecule has 1 aromatic rings. The van der Waals surface area contributed by atoms with Crippen molar-refractivity contribution in [3.05, 3.63) is 29.8 Å². The largest absolute Gasteiger partial charge is 0.355 e. The van der Waals surface area contributed by atoms with Gasteiger partial charge in [0.2, 0.25) is 11.8 Å². The fourth-order valence-electron chi connectivity index (χ4n) is 2.25. The highest BCUT2D eigenvalue weighted by Crippen LogP contribution is 2.27.